The summed E-state index contributed by atoms with van der Waals surface area (Å²) in [5.41, 5.74) is 4.82. The Kier molecular flexibility index (Phi) is 4.12. The fourth-order valence-electron chi connectivity index (χ4n) is 2.79. The highest BCUT2D eigenvalue weighted by molar-refractivity contribution is 7.98. The van der Waals surface area contributed by atoms with Crippen molar-refractivity contribution in [2.45, 2.75) is 24.1 Å². The Labute approximate surface area is 149 Å². The number of thioether (sulfide) groups is 1. The number of rotatable bonds is 5. The molecule has 0 atom stereocenters. The highest BCUT2D eigenvalue weighted by Crippen LogP contribution is 2.32. The average Bonchev–Trinajstić information content (AvgIpc) is 3.21. The molecule has 1 aromatic carbocycles. The summed E-state index contributed by atoms with van der Waals surface area (Å²) < 4.78 is 3.54. The van der Waals surface area contributed by atoms with Gasteiger partial charge in [0.25, 0.3) is 0 Å². The standard InChI is InChI=1S/C19H17N3S2/c1-3-13-5-7-14(8-6-13)12-24-19-16-11-17-15(9-10-23-17)22(16)18(4-2)20-21-19/h3,5-11H,1,4,12H2,2H3. The van der Waals surface area contributed by atoms with Gasteiger partial charge in [0.05, 0.1) is 15.7 Å². The van der Waals surface area contributed by atoms with Crippen molar-refractivity contribution in [2.75, 3.05) is 0 Å². The number of nitrogens with zero attached hydrogens (tertiary/aromatic N) is 3. The second kappa shape index (κ2) is 6.42. The molecule has 4 aromatic rings. The molecule has 24 heavy (non-hydrogen) atoms. The van der Waals surface area contributed by atoms with E-state index < -0.39 is 0 Å². The van der Waals surface area contributed by atoms with Gasteiger partial charge in [-0.15, -0.1) is 21.5 Å². The number of hydrogen-bond donors (Lipinski definition) is 0. The predicted molar refractivity (Wildman–Crippen MR) is 104 cm³/mol. The van der Waals surface area contributed by atoms with Gasteiger partial charge in [0.15, 0.2) is 0 Å². The lowest BCUT2D eigenvalue weighted by Crippen LogP contribution is -2.03. The van der Waals surface area contributed by atoms with Crippen LogP contribution in [0.2, 0.25) is 0 Å². The zero-order valence-electron chi connectivity index (χ0n) is 13.4. The Morgan fingerprint density at radius 3 is 2.75 bits per heavy atom. The molecule has 120 valence electrons. The van der Waals surface area contributed by atoms with Gasteiger partial charge in [-0.1, -0.05) is 55.6 Å². The summed E-state index contributed by atoms with van der Waals surface area (Å²) in [6, 6.07) is 12.9. The fourth-order valence-corrected chi connectivity index (χ4v) is 4.49. The van der Waals surface area contributed by atoms with Crippen molar-refractivity contribution in [3.05, 3.63) is 65.3 Å². The quantitative estimate of drug-likeness (QED) is 0.448. The third kappa shape index (κ3) is 2.64. The molecule has 0 fully saturated rings. The molecule has 5 heteroatoms. The SMILES string of the molecule is C=Cc1ccc(CSc2nnc(CC)n3c2cc2sccc23)cc1. The van der Waals surface area contributed by atoms with E-state index >= 15 is 0 Å². The number of thiophene rings is 1. The van der Waals surface area contributed by atoms with E-state index in [2.05, 4.69) is 69.9 Å². The molecule has 0 saturated carbocycles. The van der Waals surface area contributed by atoms with Gasteiger partial charge in [-0.05, 0) is 28.6 Å². The van der Waals surface area contributed by atoms with Crippen molar-refractivity contribution in [3.63, 3.8) is 0 Å². The van der Waals surface area contributed by atoms with Crippen molar-refractivity contribution in [3.8, 4) is 0 Å². The third-order valence-electron chi connectivity index (χ3n) is 4.06. The van der Waals surface area contributed by atoms with Gasteiger partial charge >= 0.3 is 0 Å². The molecule has 0 aliphatic rings. The van der Waals surface area contributed by atoms with E-state index in [1.165, 1.54) is 15.8 Å². The second-order valence-electron chi connectivity index (χ2n) is 5.54. The summed E-state index contributed by atoms with van der Waals surface area (Å²) in [5, 5.41) is 12.1. The maximum absolute atomic E-state index is 4.48. The summed E-state index contributed by atoms with van der Waals surface area (Å²) >= 11 is 3.50. The van der Waals surface area contributed by atoms with E-state index in [0.717, 1.165) is 34.1 Å². The zero-order valence-corrected chi connectivity index (χ0v) is 15.0. The molecular weight excluding hydrogens is 334 g/mol. The van der Waals surface area contributed by atoms with E-state index in [4.69, 9.17) is 0 Å². The third-order valence-corrected chi connectivity index (χ3v) is 5.96. The molecular formula is C19H17N3S2. The number of aryl methyl sites for hydroxylation is 1. The molecule has 0 saturated heterocycles. The molecule has 3 aromatic heterocycles. The van der Waals surface area contributed by atoms with E-state index in [1.54, 1.807) is 23.1 Å². The minimum absolute atomic E-state index is 0.872. The number of aromatic nitrogens is 3. The Bertz CT molecular complexity index is 1010. The molecule has 0 radical (unpaired) electrons. The van der Waals surface area contributed by atoms with Gasteiger partial charge in [0.1, 0.15) is 10.9 Å². The molecule has 0 spiro atoms. The van der Waals surface area contributed by atoms with Gasteiger partial charge < -0.3 is 0 Å². The lowest BCUT2D eigenvalue weighted by molar-refractivity contribution is 0.793. The molecule has 0 N–H and O–H groups in total. The van der Waals surface area contributed by atoms with E-state index in [-0.39, 0.29) is 0 Å². The summed E-state index contributed by atoms with van der Waals surface area (Å²) in [6.07, 6.45) is 2.74. The Balaban J connectivity index is 1.69. The first-order valence-corrected chi connectivity index (χ1v) is 9.75. The highest BCUT2D eigenvalue weighted by atomic mass is 32.2. The largest absolute Gasteiger partial charge is 0.293 e. The van der Waals surface area contributed by atoms with Crippen molar-refractivity contribution < 1.29 is 0 Å². The van der Waals surface area contributed by atoms with Crippen LogP contribution in [0.1, 0.15) is 23.9 Å². The fraction of sp³-hybridized carbons (Fsp3) is 0.158. The van der Waals surface area contributed by atoms with E-state index in [1.807, 2.05) is 6.08 Å². The predicted octanol–water partition coefficient (Wildman–Crippen LogP) is 5.44. The van der Waals surface area contributed by atoms with E-state index in [0.29, 0.717) is 0 Å². The summed E-state index contributed by atoms with van der Waals surface area (Å²) in [4.78, 5) is 0. The first kappa shape index (κ1) is 15.4. The van der Waals surface area contributed by atoms with Crippen LogP contribution in [0.5, 0.6) is 0 Å². The van der Waals surface area contributed by atoms with Gasteiger partial charge in [-0.25, -0.2) is 0 Å². The summed E-state index contributed by atoms with van der Waals surface area (Å²) in [7, 11) is 0. The molecule has 0 unspecified atom stereocenters. The van der Waals surface area contributed by atoms with Crippen LogP contribution < -0.4 is 0 Å². The van der Waals surface area contributed by atoms with Crippen LogP contribution in [0.25, 0.3) is 21.8 Å². The van der Waals surface area contributed by atoms with Crippen LogP contribution in [-0.2, 0) is 12.2 Å². The number of fused-ring (bicyclic) bond motifs is 3. The van der Waals surface area contributed by atoms with Crippen LogP contribution in [-0.4, -0.2) is 14.6 Å². The molecule has 4 rings (SSSR count). The van der Waals surface area contributed by atoms with Crippen LogP contribution in [0.15, 0.2) is 53.4 Å². The first-order chi connectivity index (χ1) is 11.8. The highest BCUT2D eigenvalue weighted by Gasteiger charge is 2.13. The molecule has 0 bridgehead atoms. The molecule has 0 aliphatic heterocycles. The Morgan fingerprint density at radius 1 is 1.17 bits per heavy atom. The maximum Gasteiger partial charge on any atom is 0.143 e. The Hall–Kier alpha value is -2.11. The van der Waals surface area contributed by atoms with Crippen LogP contribution >= 0.6 is 23.1 Å². The second-order valence-corrected chi connectivity index (χ2v) is 7.46. The molecule has 0 amide bonds. The van der Waals surface area contributed by atoms with Crippen molar-refractivity contribution in [1.82, 2.24) is 14.6 Å². The van der Waals surface area contributed by atoms with Crippen molar-refractivity contribution >= 4 is 44.9 Å². The lowest BCUT2D eigenvalue weighted by atomic mass is 10.1. The van der Waals surface area contributed by atoms with Crippen LogP contribution in [0.3, 0.4) is 0 Å². The molecule has 3 nitrogen and oxygen atoms in total. The van der Waals surface area contributed by atoms with Crippen LogP contribution in [0.4, 0.5) is 0 Å². The number of benzene rings is 1. The Morgan fingerprint density at radius 2 is 2.00 bits per heavy atom. The monoisotopic (exact) mass is 351 g/mol. The normalized spacial score (nSPS) is 11.4. The molecule has 0 aliphatic carbocycles. The molecule has 3 heterocycles. The van der Waals surface area contributed by atoms with Gasteiger partial charge in [0, 0.05) is 12.2 Å². The first-order valence-electron chi connectivity index (χ1n) is 7.88. The van der Waals surface area contributed by atoms with Crippen molar-refractivity contribution in [1.29, 1.82) is 0 Å². The summed E-state index contributed by atoms with van der Waals surface area (Å²) in [5.74, 6) is 1.89. The van der Waals surface area contributed by atoms with Crippen molar-refractivity contribution in [2.24, 2.45) is 0 Å². The summed E-state index contributed by atoms with van der Waals surface area (Å²) in [6.45, 7) is 5.92. The van der Waals surface area contributed by atoms with Gasteiger partial charge in [0.2, 0.25) is 0 Å². The van der Waals surface area contributed by atoms with Gasteiger partial charge in [-0.3, -0.25) is 4.40 Å². The topological polar surface area (TPSA) is 30.2 Å². The smallest absolute Gasteiger partial charge is 0.143 e. The van der Waals surface area contributed by atoms with Crippen LogP contribution in [0, 0.1) is 0 Å². The zero-order chi connectivity index (χ0) is 16.5. The number of hydrogen-bond acceptors (Lipinski definition) is 4. The minimum atomic E-state index is 0.872. The lowest BCUT2D eigenvalue weighted by Gasteiger charge is -2.07. The minimum Gasteiger partial charge on any atom is -0.293 e. The maximum atomic E-state index is 4.48. The van der Waals surface area contributed by atoms with Gasteiger partial charge in [-0.2, -0.15) is 0 Å². The van der Waals surface area contributed by atoms with E-state index in [9.17, 15) is 0 Å². The average molecular weight is 352 g/mol.